The van der Waals surface area contributed by atoms with Crippen molar-refractivity contribution in [2.24, 2.45) is 5.73 Å². The van der Waals surface area contributed by atoms with Crippen molar-refractivity contribution < 1.29 is 4.79 Å². The molecule has 2 unspecified atom stereocenters. The average Bonchev–Trinajstić information content (AvgIpc) is 3.77. The van der Waals surface area contributed by atoms with E-state index in [0.29, 0.717) is 30.5 Å². The molecule has 0 spiro atoms. The molecule has 2 atom stereocenters. The van der Waals surface area contributed by atoms with Crippen LogP contribution in [-0.2, 0) is 0 Å². The van der Waals surface area contributed by atoms with Gasteiger partial charge < -0.3 is 21.7 Å². The first-order chi connectivity index (χ1) is 18.9. The lowest BCUT2D eigenvalue weighted by Crippen LogP contribution is -2.58. The smallest absolute Gasteiger partial charge is 0.274 e. The van der Waals surface area contributed by atoms with Crippen LogP contribution in [0.1, 0.15) is 67.5 Å². The molecule has 2 aliphatic heterocycles. The molecule has 0 radical (unpaired) electrons. The monoisotopic (exact) mass is 574 g/mol. The topological polar surface area (TPSA) is 117 Å². The number of piperazine rings is 1. The van der Waals surface area contributed by atoms with Gasteiger partial charge in [-0.1, -0.05) is 42.3 Å². The SMILES string of the molecule is CCC1CN(c2nc(N)c(C(=O)NC3CC3)nc2Cl)CCN1C1CCN(C(CCN)c2ccc(Cl)cc2)CC1. The fourth-order valence-electron chi connectivity index (χ4n) is 6.11. The normalized spacial score (nSPS) is 22.2. The molecule has 3 heterocycles. The Hall–Kier alpha value is -2.17. The number of nitrogen functional groups attached to an aromatic ring is 1. The molecule has 1 aromatic carbocycles. The first-order valence-electron chi connectivity index (χ1n) is 14.2. The second-order valence-electron chi connectivity index (χ2n) is 11.0. The fraction of sp³-hybridized carbons (Fsp3) is 0.607. The number of carbonyl (C=O) groups excluding carboxylic acids is 1. The molecule has 1 aliphatic carbocycles. The number of amides is 1. The summed E-state index contributed by atoms with van der Waals surface area (Å²) in [6.45, 7) is 7.52. The molecule has 212 valence electrons. The fourth-order valence-corrected chi connectivity index (χ4v) is 6.48. The van der Waals surface area contributed by atoms with Crippen LogP contribution < -0.4 is 21.7 Å². The Morgan fingerprint density at radius 3 is 2.44 bits per heavy atom. The number of halogens is 2. The standard InChI is InChI=1S/C28H40Cl2N8O/c1-2-21-17-37(27-25(30)34-24(26(32)35-27)28(39)33-20-7-8-20)15-16-38(21)22-10-13-36(14-11-22)23(9-12-31)18-3-5-19(29)6-4-18/h3-6,20-23H,2,7-17,31H2,1H3,(H2,32,35)(H,33,39). The maximum atomic E-state index is 12.5. The van der Waals surface area contributed by atoms with Crippen molar-refractivity contribution in [1.82, 2.24) is 25.1 Å². The van der Waals surface area contributed by atoms with Gasteiger partial charge in [-0.2, -0.15) is 0 Å². The summed E-state index contributed by atoms with van der Waals surface area (Å²) in [6.07, 6.45) is 6.20. The number of piperidine rings is 1. The zero-order chi connectivity index (χ0) is 27.5. The zero-order valence-corrected chi connectivity index (χ0v) is 24.2. The number of nitrogens with zero attached hydrogens (tertiary/aromatic N) is 5. The summed E-state index contributed by atoms with van der Waals surface area (Å²) >= 11 is 12.7. The maximum absolute atomic E-state index is 12.5. The third-order valence-electron chi connectivity index (χ3n) is 8.39. The van der Waals surface area contributed by atoms with Crippen molar-refractivity contribution in [1.29, 1.82) is 0 Å². The summed E-state index contributed by atoms with van der Waals surface area (Å²) in [5.41, 5.74) is 13.6. The van der Waals surface area contributed by atoms with Crippen LogP contribution in [-0.4, -0.2) is 83.1 Å². The number of rotatable bonds is 9. The predicted octanol–water partition coefficient (Wildman–Crippen LogP) is 3.71. The van der Waals surface area contributed by atoms with Gasteiger partial charge in [-0.05, 0) is 62.8 Å². The highest BCUT2D eigenvalue weighted by atomic mass is 35.5. The van der Waals surface area contributed by atoms with E-state index in [1.165, 1.54) is 5.56 Å². The highest BCUT2D eigenvalue weighted by molar-refractivity contribution is 6.32. The molecule has 11 heteroatoms. The quantitative estimate of drug-likeness (QED) is 0.415. The molecule has 3 fully saturated rings. The number of hydrogen-bond donors (Lipinski definition) is 3. The Morgan fingerprint density at radius 1 is 1.08 bits per heavy atom. The minimum atomic E-state index is -0.302. The Bertz CT molecular complexity index is 1140. The van der Waals surface area contributed by atoms with Gasteiger partial charge in [0, 0.05) is 61.9 Å². The van der Waals surface area contributed by atoms with Gasteiger partial charge >= 0.3 is 0 Å². The summed E-state index contributed by atoms with van der Waals surface area (Å²) in [7, 11) is 0. The Kier molecular flexibility index (Phi) is 9.13. The van der Waals surface area contributed by atoms with Gasteiger partial charge in [0.25, 0.3) is 5.91 Å². The third-order valence-corrected chi connectivity index (χ3v) is 8.90. The van der Waals surface area contributed by atoms with E-state index >= 15 is 0 Å². The van der Waals surface area contributed by atoms with Crippen LogP contribution in [0.15, 0.2) is 24.3 Å². The van der Waals surface area contributed by atoms with Gasteiger partial charge in [0.1, 0.15) is 0 Å². The first kappa shape index (κ1) is 28.4. The van der Waals surface area contributed by atoms with Crippen LogP contribution in [0.4, 0.5) is 11.6 Å². The second-order valence-corrected chi connectivity index (χ2v) is 11.8. The zero-order valence-electron chi connectivity index (χ0n) is 22.7. The number of nitrogens with one attached hydrogen (secondary N) is 1. The molecule has 1 saturated carbocycles. The van der Waals surface area contributed by atoms with Crippen LogP contribution >= 0.6 is 23.2 Å². The van der Waals surface area contributed by atoms with Crippen LogP contribution in [0.5, 0.6) is 0 Å². The summed E-state index contributed by atoms with van der Waals surface area (Å²) < 4.78 is 0. The molecule has 2 saturated heterocycles. The Labute approximate surface area is 241 Å². The molecule has 1 aromatic heterocycles. The third kappa shape index (κ3) is 6.60. The molecule has 39 heavy (non-hydrogen) atoms. The van der Waals surface area contributed by atoms with Crippen molar-refractivity contribution in [3.05, 3.63) is 45.7 Å². The van der Waals surface area contributed by atoms with Crippen molar-refractivity contribution in [3.8, 4) is 0 Å². The van der Waals surface area contributed by atoms with Crippen LogP contribution in [0.2, 0.25) is 10.2 Å². The van der Waals surface area contributed by atoms with E-state index in [9.17, 15) is 4.79 Å². The molecular weight excluding hydrogens is 535 g/mol. The van der Waals surface area contributed by atoms with Gasteiger partial charge in [-0.25, -0.2) is 9.97 Å². The number of carbonyl (C=O) groups is 1. The number of nitrogens with two attached hydrogens (primary N) is 2. The summed E-state index contributed by atoms with van der Waals surface area (Å²) in [5.74, 6) is 0.393. The Balaban J connectivity index is 1.21. The molecule has 1 amide bonds. The first-order valence-corrected chi connectivity index (χ1v) is 15.0. The molecule has 2 aromatic rings. The minimum Gasteiger partial charge on any atom is -0.382 e. The van der Waals surface area contributed by atoms with Crippen molar-refractivity contribution in [3.63, 3.8) is 0 Å². The number of aromatic nitrogens is 2. The van der Waals surface area contributed by atoms with Gasteiger partial charge in [-0.15, -0.1) is 0 Å². The predicted molar refractivity (Wildman–Crippen MR) is 157 cm³/mol. The maximum Gasteiger partial charge on any atom is 0.274 e. The number of likely N-dealkylation sites (tertiary alicyclic amines) is 1. The number of benzene rings is 1. The number of hydrogen-bond acceptors (Lipinski definition) is 8. The lowest BCUT2D eigenvalue weighted by molar-refractivity contribution is 0.0475. The van der Waals surface area contributed by atoms with Crippen molar-refractivity contribution in [2.75, 3.05) is 49.9 Å². The summed E-state index contributed by atoms with van der Waals surface area (Å²) in [4.78, 5) is 28.8. The van der Waals surface area contributed by atoms with E-state index in [4.69, 9.17) is 34.7 Å². The van der Waals surface area contributed by atoms with Crippen LogP contribution in [0.3, 0.4) is 0 Å². The molecule has 3 aliphatic rings. The van der Waals surface area contributed by atoms with E-state index in [1.54, 1.807) is 0 Å². The van der Waals surface area contributed by atoms with E-state index in [1.807, 2.05) is 12.1 Å². The molecule has 9 nitrogen and oxygen atoms in total. The highest BCUT2D eigenvalue weighted by Crippen LogP contribution is 2.33. The highest BCUT2D eigenvalue weighted by Gasteiger charge is 2.36. The van der Waals surface area contributed by atoms with Crippen molar-refractivity contribution >= 4 is 40.7 Å². The minimum absolute atomic E-state index is 0.111. The van der Waals surface area contributed by atoms with Crippen molar-refractivity contribution in [2.45, 2.75) is 69.6 Å². The second kappa shape index (κ2) is 12.6. The van der Waals surface area contributed by atoms with E-state index < -0.39 is 0 Å². The molecule has 0 bridgehead atoms. The van der Waals surface area contributed by atoms with Gasteiger partial charge in [-0.3, -0.25) is 14.6 Å². The molecule has 5 rings (SSSR count). The van der Waals surface area contributed by atoms with Crippen LogP contribution in [0, 0.1) is 0 Å². The van der Waals surface area contributed by atoms with Gasteiger partial charge in [0.15, 0.2) is 22.5 Å². The van der Waals surface area contributed by atoms with Gasteiger partial charge in [0.2, 0.25) is 0 Å². The molecule has 5 N–H and O–H groups in total. The van der Waals surface area contributed by atoms with Gasteiger partial charge in [0.05, 0.1) is 0 Å². The van der Waals surface area contributed by atoms with E-state index in [-0.39, 0.29) is 28.6 Å². The van der Waals surface area contributed by atoms with Crippen LogP contribution in [0.25, 0.3) is 0 Å². The number of anilines is 2. The lowest BCUT2D eigenvalue weighted by Gasteiger charge is -2.48. The summed E-state index contributed by atoms with van der Waals surface area (Å²) in [6, 6.07) is 9.67. The lowest BCUT2D eigenvalue weighted by atomic mass is 9.94. The Morgan fingerprint density at radius 2 is 1.79 bits per heavy atom. The summed E-state index contributed by atoms with van der Waals surface area (Å²) in [5, 5.41) is 3.90. The largest absolute Gasteiger partial charge is 0.382 e. The van der Waals surface area contributed by atoms with E-state index in [2.05, 4.69) is 49.0 Å². The van der Waals surface area contributed by atoms with E-state index in [0.717, 1.165) is 76.3 Å². The average molecular weight is 576 g/mol. The molecular formula is C28H40Cl2N8O.